The van der Waals surface area contributed by atoms with E-state index in [2.05, 4.69) is 12.2 Å². The molecular weight excluding hydrogens is 133 g/mol. The fourth-order valence-corrected chi connectivity index (χ4v) is 0.669. The third-order valence-electron chi connectivity index (χ3n) is 1.34. The number of halogens is 1. The fraction of sp³-hybridized carbons (Fsp3) is 0.857. The van der Waals surface area contributed by atoms with E-state index in [1.54, 1.807) is 0 Å². The molecule has 3 heteroatoms. The minimum Gasteiger partial charge on any atom is -0.390 e. The van der Waals surface area contributed by atoms with Crippen LogP contribution < -0.4 is 5.32 Å². The van der Waals surface area contributed by atoms with E-state index < -0.39 is 12.3 Å². The number of alkyl halides is 1. The van der Waals surface area contributed by atoms with Crippen LogP contribution in [0.3, 0.4) is 0 Å². The van der Waals surface area contributed by atoms with Crippen LogP contribution in [0.4, 0.5) is 4.39 Å². The predicted molar refractivity (Wildman–Crippen MR) is 39.4 cm³/mol. The van der Waals surface area contributed by atoms with E-state index in [4.69, 9.17) is 5.11 Å². The molecule has 0 aromatic rings. The minimum absolute atomic E-state index is 0.478. The van der Waals surface area contributed by atoms with Gasteiger partial charge in [0.05, 0.1) is 6.10 Å². The predicted octanol–water partition coefficient (Wildman–Crippen LogP) is 0.519. The van der Waals surface area contributed by atoms with Gasteiger partial charge in [-0.15, -0.1) is 0 Å². The topological polar surface area (TPSA) is 32.3 Å². The average Bonchev–Trinajstić information content (AvgIpc) is 1.88. The fourth-order valence-electron chi connectivity index (χ4n) is 0.669. The van der Waals surface area contributed by atoms with Gasteiger partial charge in [-0.2, -0.15) is 0 Å². The largest absolute Gasteiger partial charge is 0.390 e. The van der Waals surface area contributed by atoms with Crippen molar-refractivity contribution in [1.82, 2.24) is 5.32 Å². The zero-order chi connectivity index (χ0) is 7.98. The first-order chi connectivity index (χ1) is 4.68. The molecule has 0 aliphatic carbocycles. The Bertz CT molecular complexity index is 78.0. The summed E-state index contributed by atoms with van der Waals surface area (Å²) >= 11 is 0. The van der Waals surface area contributed by atoms with Gasteiger partial charge in [-0.3, -0.25) is 0 Å². The van der Waals surface area contributed by atoms with E-state index in [0.717, 1.165) is 13.0 Å². The Morgan fingerprint density at radius 2 is 2.30 bits per heavy atom. The Morgan fingerprint density at radius 1 is 1.70 bits per heavy atom. The summed E-state index contributed by atoms with van der Waals surface area (Å²) in [5, 5.41) is 11.8. The molecule has 0 saturated heterocycles. The monoisotopic (exact) mass is 148 g/mol. The molecule has 10 heavy (non-hydrogen) atoms. The molecule has 0 rings (SSSR count). The molecule has 0 aromatic heterocycles. The lowest BCUT2D eigenvalue weighted by Crippen LogP contribution is -2.20. The molecule has 0 saturated carbocycles. The molecule has 0 amide bonds. The lowest BCUT2D eigenvalue weighted by molar-refractivity contribution is 0.0919. The van der Waals surface area contributed by atoms with Gasteiger partial charge in [0.1, 0.15) is 6.17 Å². The van der Waals surface area contributed by atoms with Crippen molar-refractivity contribution in [3.05, 3.63) is 6.92 Å². The van der Waals surface area contributed by atoms with Gasteiger partial charge in [0.15, 0.2) is 0 Å². The standard InChI is InChI=1S/C7H15FNO/c1-6(8)7(10)4-3-5-9-2/h6-7,9-10H,1,3-5H2,2H3. The molecule has 2 N–H and O–H groups in total. The molecule has 0 spiro atoms. The summed E-state index contributed by atoms with van der Waals surface area (Å²) < 4.78 is 12.1. The number of aliphatic hydroxyl groups is 1. The second-order valence-electron chi connectivity index (χ2n) is 2.33. The van der Waals surface area contributed by atoms with E-state index in [1.165, 1.54) is 0 Å². The first kappa shape index (κ1) is 9.85. The van der Waals surface area contributed by atoms with E-state index in [-0.39, 0.29) is 0 Å². The molecule has 0 bridgehead atoms. The van der Waals surface area contributed by atoms with Crippen molar-refractivity contribution in [3.63, 3.8) is 0 Å². The van der Waals surface area contributed by atoms with Crippen LogP contribution in [0, 0.1) is 6.92 Å². The number of hydrogen-bond donors (Lipinski definition) is 2. The quantitative estimate of drug-likeness (QED) is 0.557. The highest BCUT2D eigenvalue weighted by atomic mass is 19.1. The number of hydrogen-bond acceptors (Lipinski definition) is 2. The zero-order valence-electron chi connectivity index (χ0n) is 6.31. The van der Waals surface area contributed by atoms with Crippen LogP contribution in [0.5, 0.6) is 0 Å². The zero-order valence-corrected chi connectivity index (χ0v) is 6.31. The van der Waals surface area contributed by atoms with Gasteiger partial charge in [-0.1, -0.05) is 0 Å². The van der Waals surface area contributed by atoms with Crippen molar-refractivity contribution in [2.75, 3.05) is 13.6 Å². The van der Waals surface area contributed by atoms with Gasteiger partial charge in [0.25, 0.3) is 0 Å². The molecule has 61 valence electrons. The van der Waals surface area contributed by atoms with Crippen LogP contribution in [-0.4, -0.2) is 31.0 Å². The van der Waals surface area contributed by atoms with Crippen molar-refractivity contribution in [2.45, 2.75) is 25.1 Å². The molecule has 0 fully saturated rings. The Kier molecular flexibility index (Phi) is 5.54. The molecule has 2 atom stereocenters. The van der Waals surface area contributed by atoms with Crippen molar-refractivity contribution in [2.24, 2.45) is 0 Å². The number of rotatable bonds is 5. The molecule has 0 aromatic carbocycles. The highest BCUT2D eigenvalue weighted by Crippen LogP contribution is 2.03. The van der Waals surface area contributed by atoms with Gasteiger partial charge in [-0.25, -0.2) is 4.39 Å². The highest BCUT2D eigenvalue weighted by Gasteiger charge is 2.10. The minimum atomic E-state index is -1.35. The molecule has 0 aliphatic heterocycles. The van der Waals surface area contributed by atoms with Crippen LogP contribution in [0.15, 0.2) is 0 Å². The third kappa shape index (κ3) is 4.70. The summed E-state index contributed by atoms with van der Waals surface area (Å²) in [6.45, 7) is 3.89. The maximum atomic E-state index is 12.1. The molecule has 0 heterocycles. The smallest absolute Gasteiger partial charge is 0.126 e. The Morgan fingerprint density at radius 3 is 2.70 bits per heavy atom. The molecule has 0 aliphatic rings. The Balaban J connectivity index is 3.13. The van der Waals surface area contributed by atoms with Gasteiger partial charge < -0.3 is 10.4 Å². The van der Waals surface area contributed by atoms with Crippen LogP contribution in [0.25, 0.3) is 0 Å². The first-order valence-corrected chi connectivity index (χ1v) is 3.48. The maximum Gasteiger partial charge on any atom is 0.126 e. The Labute approximate surface area is 61.4 Å². The van der Waals surface area contributed by atoms with Crippen LogP contribution in [0.1, 0.15) is 12.8 Å². The van der Waals surface area contributed by atoms with Gasteiger partial charge in [-0.05, 0) is 33.4 Å². The van der Waals surface area contributed by atoms with Gasteiger partial charge in [0, 0.05) is 0 Å². The van der Waals surface area contributed by atoms with E-state index in [1.807, 2.05) is 7.05 Å². The molecule has 2 nitrogen and oxygen atoms in total. The van der Waals surface area contributed by atoms with E-state index in [0.29, 0.717) is 6.42 Å². The number of aliphatic hydroxyl groups excluding tert-OH is 1. The van der Waals surface area contributed by atoms with Crippen molar-refractivity contribution in [1.29, 1.82) is 0 Å². The molecule has 1 radical (unpaired) electrons. The summed E-state index contributed by atoms with van der Waals surface area (Å²) in [6, 6.07) is 0. The van der Waals surface area contributed by atoms with Crippen LogP contribution in [0.2, 0.25) is 0 Å². The van der Waals surface area contributed by atoms with Crippen molar-refractivity contribution in [3.8, 4) is 0 Å². The lowest BCUT2D eigenvalue weighted by atomic mass is 10.1. The molecule has 2 unspecified atom stereocenters. The third-order valence-corrected chi connectivity index (χ3v) is 1.34. The second kappa shape index (κ2) is 5.62. The number of nitrogens with one attached hydrogen (secondary N) is 1. The summed E-state index contributed by atoms with van der Waals surface area (Å²) in [6.07, 6.45) is -0.982. The average molecular weight is 148 g/mol. The van der Waals surface area contributed by atoms with Crippen molar-refractivity contribution < 1.29 is 9.50 Å². The summed E-state index contributed by atoms with van der Waals surface area (Å²) in [5.41, 5.74) is 0. The normalized spacial score (nSPS) is 16.8. The summed E-state index contributed by atoms with van der Waals surface area (Å²) in [7, 11) is 1.82. The lowest BCUT2D eigenvalue weighted by Gasteiger charge is -2.10. The maximum absolute atomic E-state index is 12.1. The highest BCUT2D eigenvalue weighted by molar-refractivity contribution is 4.69. The molecular formula is C7H15FNO. The first-order valence-electron chi connectivity index (χ1n) is 3.48. The van der Waals surface area contributed by atoms with E-state index >= 15 is 0 Å². The SMILES string of the molecule is [CH2]C(F)C(O)CCCNC. The van der Waals surface area contributed by atoms with Gasteiger partial charge in [0.2, 0.25) is 0 Å². The van der Waals surface area contributed by atoms with Crippen LogP contribution in [-0.2, 0) is 0 Å². The Hall–Kier alpha value is -0.150. The summed E-state index contributed by atoms with van der Waals surface area (Å²) in [5.74, 6) is 0. The second-order valence-corrected chi connectivity index (χ2v) is 2.33. The van der Waals surface area contributed by atoms with Crippen LogP contribution >= 0.6 is 0 Å². The van der Waals surface area contributed by atoms with Crippen molar-refractivity contribution >= 4 is 0 Å². The van der Waals surface area contributed by atoms with Gasteiger partial charge >= 0.3 is 0 Å². The van der Waals surface area contributed by atoms with E-state index in [9.17, 15) is 4.39 Å². The summed E-state index contributed by atoms with van der Waals surface area (Å²) in [4.78, 5) is 0.